The summed E-state index contributed by atoms with van der Waals surface area (Å²) < 4.78 is 29.7. The maximum Gasteiger partial charge on any atom is 0.277 e. The third kappa shape index (κ3) is 5.30. The van der Waals surface area contributed by atoms with Crippen LogP contribution < -0.4 is 10.1 Å². The fraction of sp³-hybridized carbons (Fsp3) is 0.105. The van der Waals surface area contributed by atoms with Crippen LogP contribution >= 0.6 is 0 Å². The predicted octanol–water partition coefficient (Wildman–Crippen LogP) is 2.85. The quantitative estimate of drug-likeness (QED) is 0.323. The number of hydrogen-bond donors (Lipinski definition) is 2. The van der Waals surface area contributed by atoms with Crippen molar-refractivity contribution in [2.75, 3.05) is 5.32 Å². The van der Waals surface area contributed by atoms with Gasteiger partial charge in [-0.2, -0.15) is 18.4 Å². The first-order chi connectivity index (χ1) is 14.7. The minimum absolute atomic E-state index is 0.123. The molecule has 0 unspecified atom stereocenters. The second kappa shape index (κ2) is 8.75. The molecule has 2 aromatic carbocycles. The Morgan fingerprint density at radius 2 is 1.90 bits per heavy atom. The molecule has 2 N–H and O–H groups in total. The fourth-order valence-corrected chi connectivity index (χ4v) is 3.40. The van der Waals surface area contributed by atoms with Gasteiger partial charge in [-0.1, -0.05) is 23.4 Å². The molecule has 0 saturated heterocycles. The zero-order valence-corrected chi connectivity index (χ0v) is 17.2. The van der Waals surface area contributed by atoms with Crippen LogP contribution in [0.25, 0.3) is 0 Å². The number of nitrogens with one attached hydrogen (secondary N) is 2. The van der Waals surface area contributed by atoms with E-state index < -0.39 is 20.9 Å². The number of rotatable bonds is 7. The smallest absolute Gasteiger partial charge is 0.277 e. The summed E-state index contributed by atoms with van der Waals surface area (Å²) in [5, 5.41) is 21.0. The molecule has 12 heteroatoms. The highest BCUT2D eigenvalue weighted by Gasteiger charge is 2.17. The normalized spacial score (nSPS) is 11.7. The first-order valence-electron chi connectivity index (χ1n) is 8.81. The lowest BCUT2D eigenvalue weighted by molar-refractivity contribution is -0.385. The molecule has 1 aromatic heterocycles. The maximum absolute atomic E-state index is 12.4. The van der Waals surface area contributed by atoms with E-state index in [4.69, 9.17) is 4.52 Å². The van der Waals surface area contributed by atoms with Crippen LogP contribution in [0.4, 0.5) is 11.4 Å². The number of carbonyl (C=O) groups excluding carboxylic acids is 1. The summed E-state index contributed by atoms with van der Waals surface area (Å²) in [7, 11) is -4.11. The number of amides is 1. The van der Waals surface area contributed by atoms with E-state index in [0.717, 1.165) is 6.07 Å². The maximum atomic E-state index is 12.4. The number of nitro groups is 1. The van der Waals surface area contributed by atoms with Gasteiger partial charge >= 0.3 is 0 Å². The Morgan fingerprint density at radius 1 is 1.16 bits per heavy atom. The standard InChI is InChI=1S/C19H17N5O6S/c1-12-9-18(22-30-12)19(25)20-15-6-3-5-14(10-15)13(2)21-23-31(28,29)17-8-4-7-16(11-17)24(26)27/h3-11,23H,1-2H3,(H,20,25)/b21-13-. The van der Waals surface area contributed by atoms with Gasteiger partial charge in [-0.3, -0.25) is 14.9 Å². The number of hydrazone groups is 1. The van der Waals surface area contributed by atoms with Crippen LogP contribution in [-0.4, -0.2) is 30.1 Å². The van der Waals surface area contributed by atoms with Crippen molar-refractivity contribution in [2.24, 2.45) is 5.10 Å². The highest BCUT2D eigenvalue weighted by atomic mass is 32.2. The summed E-state index contributed by atoms with van der Waals surface area (Å²) in [6.45, 7) is 3.23. The van der Waals surface area contributed by atoms with E-state index in [1.165, 1.54) is 24.3 Å². The van der Waals surface area contributed by atoms with Gasteiger partial charge in [0.2, 0.25) is 0 Å². The zero-order valence-electron chi connectivity index (χ0n) is 16.4. The van der Waals surface area contributed by atoms with Crippen LogP contribution in [0.1, 0.15) is 28.7 Å². The molecule has 0 bridgehead atoms. The topological polar surface area (TPSA) is 157 Å². The van der Waals surface area contributed by atoms with Gasteiger partial charge in [0.15, 0.2) is 5.69 Å². The SMILES string of the molecule is C/C(=N/NS(=O)(=O)c1cccc([N+](=O)[O-])c1)c1cccc(NC(=O)c2cc(C)on2)c1. The molecular formula is C19H17N5O6S. The van der Waals surface area contributed by atoms with Crippen LogP contribution in [-0.2, 0) is 10.0 Å². The summed E-state index contributed by atoms with van der Waals surface area (Å²) in [6, 6.07) is 12.7. The summed E-state index contributed by atoms with van der Waals surface area (Å²) in [5.41, 5.74) is 1.06. The lowest BCUT2D eigenvalue weighted by Crippen LogP contribution is -2.20. The van der Waals surface area contributed by atoms with E-state index in [-0.39, 0.29) is 16.3 Å². The van der Waals surface area contributed by atoms with Gasteiger partial charge in [-0.05, 0) is 37.6 Å². The summed E-state index contributed by atoms with van der Waals surface area (Å²) >= 11 is 0. The Labute approximate surface area is 177 Å². The van der Waals surface area contributed by atoms with E-state index in [9.17, 15) is 23.3 Å². The molecule has 3 aromatic rings. The third-order valence-corrected chi connectivity index (χ3v) is 5.28. The van der Waals surface area contributed by atoms with E-state index in [0.29, 0.717) is 22.7 Å². The molecule has 1 heterocycles. The van der Waals surface area contributed by atoms with E-state index in [1.807, 2.05) is 0 Å². The van der Waals surface area contributed by atoms with E-state index in [1.54, 1.807) is 38.1 Å². The lowest BCUT2D eigenvalue weighted by atomic mass is 10.1. The van der Waals surface area contributed by atoms with Crippen molar-refractivity contribution in [1.82, 2.24) is 9.99 Å². The first kappa shape index (κ1) is 21.6. The number of carbonyl (C=O) groups is 1. The monoisotopic (exact) mass is 443 g/mol. The van der Waals surface area contributed by atoms with Crippen LogP contribution in [0, 0.1) is 17.0 Å². The van der Waals surface area contributed by atoms with Gasteiger partial charge in [0.05, 0.1) is 15.5 Å². The lowest BCUT2D eigenvalue weighted by Gasteiger charge is -2.08. The zero-order chi connectivity index (χ0) is 22.6. The Balaban J connectivity index is 1.75. The van der Waals surface area contributed by atoms with Gasteiger partial charge in [0.25, 0.3) is 21.6 Å². The number of non-ortho nitro benzene ring substituents is 1. The fourth-order valence-electron chi connectivity index (χ4n) is 2.50. The molecule has 0 aliphatic rings. The second-order valence-electron chi connectivity index (χ2n) is 6.40. The van der Waals surface area contributed by atoms with Crippen molar-refractivity contribution < 1.29 is 22.7 Å². The van der Waals surface area contributed by atoms with Crippen LogP contribution in [0.15, 0.2) is 69.1 Å². The van der Waals surface area contributed by atoms with Gasteiger partial charge in [-0.15, -0.1) is 0 Å². The number of anilines is 1. The highest BCUT2D eigenvalue weighted by Crippen LogP contribution is 2.18. The Morgan fingerprint density at radius 3 is 2.58 bits per heavy atom. The molecule has 0 saturated carbocycles. The van der Waals surface area contributed by atoms with Crippen molar-refractivity contribution in [3.8, 4) is 0 Å². The largest absolute Gasteiger partial charge is 0.361 e. The van der Waals surface area contributed by atoms with E-state index >= 15 is 0 Å². The molecule has 11 nitrogen and oxygen atoms in total. The molecule has 160 valence electrons. The molecule has 0 spiro atoms. The highest BCUT2D eigenvalue weighted by molar-refractivity contribution is 7.89. The van der Waals surface area contributed by atoms with Crippen LogP contribution in [0.2, 0.25) is 0 Å². The molecule has 1 amide bonds. The molecule has 31 heavy (non-hydrogen) atoms. The van der Waals surface area contributed by atoms with Gasteiger partial charge < -0.3 is 9.84 Å². The van der Waals surface area contributed by atoms with Crippen LogP contribution in [0.3, 0.4) is 0 Å². The Hall–Kier alpha value is -4.06. The van der Waals surface area contributed by atoms with Crippen LogP contribution in [0.5, 0.6) is 0 Å². The Kier molecular flexibility index (Phi) is 6.11. The number of benzene rings is 2. The number of nitro benzene ring substituents is 1. The molecule has 0 aliphatic heterocycles. The van der Waals surface area contributed by atoms with Crippen molar-refractivity contribution in [1.29, 1.82) is 0 Å². The summed E-state index contributed by atoms with van der Waals surface area (Å²) in [5.74, 6) is 0.0351. The third-order valence-electron chi connectivity index (χ3n) is 4.07. The molecule has 0 fully saturated rings. The van der Waals surface area contributed by atoms with Crippen molar-refractivity contribution in [3.05, 3.63) is 81.7 Å². The predicted molar refractivity (Wildman–Crippen MR) is 111 cm³/mol. The number of sulfonamides is 1. The molecule has 0 aliphatic carbocycles. The number of hydrogen-bond acceptors (Lipinski definition) is 8. The van der Waals surface area contributed by atoms with E-state index in [2.05, 4.69) is 20.4 Å². The average Bonchev–Trinajstić information content (AvgIpc) is 3.19. The summed E-state index contributed by atoms with van der Waals surface area (Å²) in [4.78, 5) is 24.1. The second-order valence-corrected chi connectivity index (χ2v) is 8.06. The number of nitrogens with zero attached hydrogens (tertiary/aromatic N) is 3. The van der Waals surface area contributed by atoms with Crippen molar-refractivity contribution in [2.45, 2.75) is 18.7 Å². The Bertz CT molecular complexity index is 1280. The van der Waals surface area contributed by atoms with Crippen molar-refractivity contribution in [3.63, 3.8) is 0 Å². The first-order valence-corrected chi connectivity index (χ1v) is 10.3. The average molecular weight is 443 g/mol. The minimum Gasteiger partial charge on any atom is -0.361 e. The molecule has 0 atom stereocenters. The number of aromatic nitrogens is 1. The number of aryl methyl sites for hydroxylation is 1. The van der Waals surface area contributed by atoms with Gasteiger partial charge in [-0.25, -0.2) is 0 Å². The van der Waals surface area contributed by atoms with Gasteiger partial charge in [0, 0.05) is 23.9 Å². The summed E-state index contributed by atoms with van der Waals surface area (Å²) in [6.07, 6.45) is 0. The van der Waals surface area contributed by atoms with Gasteiger partial charge in [0.1, 0.15) is 5.76 Å². The molecule has 0 radical (unpaired) electrons. The molecular weight excluding hydrogens is 426 g/mol. The van der Waals surface area contributed by atoms with Crippen molar-refractivity contribution >= 4 is 33.0 Å². The minimum atomic E-state index is -4.11. The molecule has 3 rings (SSSR count).